The molecular formula is C23H25F3N6O3S. The van der Waals surface area contributed by atoms with E-state index in [0.717, 1.165) is 16.1 Å². The van der Waals surface area contributed by atoms with E-state index >= 15 is 0 Å². The van der Waals surface area contributed by atoms with E-state index in [9.17, 15) is 26.4 Å². The van der Waals surface area contributed by atoms with Gasteiger partial charge in [-0.2, -0.15) is 18.2 Å². The van der Waals surface area contributed by atoms with Crippen molar-refractivity contribution < 1.29 is 26.4 Å². The number of aromatic nitrogens is 2. The van der Waals surface area contributed by atoms with Crippen LogP contribution in [-0.4, -0.2) is 37.6 Å². The summed E-state index contributed by atoms with van der Waals surface area (Å²) in [4.78, 5) is 19.3. The topological polar surface area (TPSA) is 130 Å². The van der Waals surface area contributed by atoms with Crippen molar-refractivity contribution in [3.05, 3.63) is 70.4 Å². The number of nitrogens with one attached hydrogen (secondary N) is 2. The Morgan fingerprint density at radius 2 is 1.83 bits per heavy atom. The Morgan fingerprint density at radius 1 is 1.14 bits per heavy atom. The van der Waals surface area contributed by atoms with Crippen LogP contribution in [0.3, 0.4) is 0 Å². The molecule has 0 aliphatic carbocycles. The first-order valence-corrected chi connectivity index (χ1v) is 12.4. The highest BCUT2D eigenvalue weighted by atomic mass is 32.2. The summed E-state index contributed by atoms with van der Waals surface area (Å²) in [7, 11) is -2.24. The van der Waals surface area contributed by atoms with E-state index in [-0.39, 0.29) is 18.1 Å². The van der Waals surface area contributed by atoms with E-state index in [4.69, 9.17) is 5.73 Å². The smallest absolute Gasteiger partial charge is 0.366 e. The number of hydrogen-bond donors (Lipinski definition) is 3. The van der Waals surface area contributed by atoms with Crippen LogP contribution in [0.5, 0.6) is 0 Å². The Kier molecular flexibility index (Phi) is 7.43. The van der Waals surface area contributed by atoms with Crippen molar-refractivity contribution in [3.8, 4) is 0 Å². The number of amides is 1. The van der Waals surface area contributed by atoms with Gasteiger partial charge in [0.1, 0.15) is 11.4 Å². The Labute approximate surface area is 206 Å². The molecule has 1 heterocycles. The van der Waals surface area contributed by atoms with Gasteiger partial charge in [-0.15, -0.1) is 0 Å². The van der Waals surface area contributed by atoms with Gasteiger partial charge in [0.15, 0.2) is 0 Å². The van der Waals surface area contributed by atoms with Crippen LogP contribution < -0.4 is 20.7 Å². The minimum Gasteiger partial charge on any atom is -0.366 e. The number of alkyl halides is 3. The first-order chi connectivity index (χ1) is 16.7. The summed E-state index contributed by atoms with van der Waals surface area (Å²) in [5.74, 6) is -1.31. The fourth-order valence-electron chi connectivity index (χ4n) is 3.34. The lowest BCUT2D eigenvalue weighted by Crippen LogP contribution is -2.26. The van der Waals surface area contributed by atoms with Gasteiger partial charge in [0.05, 0.1) is 11.9 Å². The number of benzene rings is 2. The number of carbonyl (C=O) groups is 1. The molecule has 0 spiro atoms. The summed E-state index contributed by atoms with van der Waals surface area (Å²) in [5.41, 5.74) is 7.06. The van der Waals surface area contributed by atoms with Crippen molar-refractivity contribution in [3.63, 3.8) is 0 Å². The molecule has 0 atom stereocenters. The molecule has 0 aliphatic heterocycles. The van der Waals surface area contributed by atoms with Crippen molar-refractivity contribution in [2.45, 2.75) is 26.6 Å². The number of halogens is 3. The summed E-state index contributed by atoms with van der Waals surface area (Å²) in [6.45, 7) is 3.37. The first-order valence-electron chi connectivity index (χ1n) is 10.6. The Hall–Kier alpha value is -3.87. The van der Waals surface area contributed by atoms with Gasteiger partial charge in [0, 0.05) is 31.0 Å². The third kappa shape index (κ3) is 6.22. The third-order valence-electron chi connectivity index (χ3n) is 5.38. The maximum Gasteiger partial charge on any atom is 0.421 e. The molecule has 0 fully saturated rings. The van der Waals surface area contributed by atoms with Crippen molar-refractivity contribution in [1.82, 2.24) is 9.97 Å². The summed E-state index contributed by atoms with van der Waals surface area (Å²) >= 11 is 0. The average Bonchev–Trinajstić information content (AvgIpc) is 2.77. The molecule has 0 saturated heterocycles. The maximum absolute atomic E-state index is 13.7. The Balaban J connectivity index is 1.98. The number of nitrogens with two attached hydrogens (primary N) is 1. The molecule has 36 heavy (non-hydrogen) atoms. The molecule has 0 aliphatic rings. The van der Waals surface area contributed by atoms with Crippen molar-refractivity contribution in [1.29, 1.82) is 0 Å². The molecule has 9 nitrogen and oxygen atoms in total. The minimum atomic E-state index is -4.75. The lowest BCUT2D eigenvalue weighted by atomic mass is 10.1. The molecular weight excluding hydrogens is 497 g/mol. The molecule has 192 valence electrons. The van der Waals surface area contributed by atoms with Crippen LogP contribution in [0.4, 0.5) is 36.3 Å². The third-order valence-corrected chi connectivity index (χ3v) is 6.57. The highest BCUT2D eigenvalue weighted by Crippen LogP contribution is 2.35. The second kappa shape index (κ2) is 10.0. The molecule has 4 N–H and O–H groups in total. The lowest BCUT2D eigenvalue weighted by molar-refractivity contribution is -0.137. The van der Waals surface area contributed by atoms with Gasteiger partial charge in [-0.05, 0) is 43.2 Å². The SMILES string of the molecule is Cc1ccc(N(C)S(C)(=O)=O)c(CNc2nc(Nc3cc(C(N)=O)ccc3C)ncc2C(F)(F)F)c1. The van der Waals surface area contributed by atoms with E-state index in [1.54, 1.807) is 38.1 Å². The van der Waals surface area contributed by atoms with Gasteiger partial charge in [-0.1, -0.05) is 23.8 Å². The summed E-state index contributed by atoms with van der Waals surface area (Å²) < 4.78 is 66.2. The molecule has 3 rings (SSSR count). The zero-order valence-electron chi connectivity index (χ0n) is 19.9. The molecule has 1 aromatic heterocycles. The lowest BCUT2D eigenvalue weighted by Gasteiger charge is -2.22. The van der Waals surface area contributed by atoms with Crippen LogP contribution in [0.15, 0.2) is 42.6 Å². The number of nitrogens with zero attached hydrogens (tertiary/aromatic N) is 3. The maximum atomic E-state index is 13.7. The number of primary amides is 1. The van der Waals surface area contributed by atoms with Gasteiger partial charge in [-0.25, -0.2) is 13.4 Å². The van der Waals surface area contributed by atoms with Crippen LogP contribution in [0, 0.1) is 13.8 Å². The van der Waals surface area contributed by atoms with Gasteiger partial charge in [0.25, 0.3) is 0 Å². The van der Waals surface area contributed by atoms with Crippen LogP contribution >= 0.6 is 0 Å². The number of carbonyl (C=O) groups excluding carboxylic acids is 1. The van der Waals surface area contributed by atoms with Gasteiger partial charge in [0.2, 0.25) is 21.9 Å². The average molecular weight is 523 g/mol. The number of rotatable bonds is 8. The van der Waals surface area contributed by atoms with E-state index in [2.05, 4.69) is 20.6 Å². The molecule has 1 amide bonds. The fourth-order valence-corrected chi connectivity index (χ4v) is 3.87. The van der Waals surface area contributed by atoms with E-state index < -0.39 is 33.5 Å². The second-order valence-corrected chi connectivity index (χ2v) is 10.2. The van der Waals surface area contributed by atoms with E-state index in [1.807, 2.05) is 0 Å². The fraction of sp³-hybridized carbons (Fsp3) is 0.261. The molecule has 0 saturated carbocycles. The standard InChI is InChI=1S/C23H25F3N6O3S/c1-13-5-8-19(32(3)36(4,34)35)16(9-13)11-28-21-17(23(24,25)26)12-29-22(31-21)30-18-10-15(20(27)33)7-6-14(18)2/h5-10,12H,11H2,1-4H3,(H2,27,33)(H2,28,29,30,31). The Bertz CT molecular complexity index is 1410. The zero-order chi connectivity index (χ0) is 26.8. The van der Waals surface area contributed by atoms with Crippen molar-refractivity contribution in [2.75, 3.05) is 28.2 Å². The highest BCUT2D eigenvalue weighted by Gasteiger charge is 2.35. The van der Waals surface area contributed by atoms with E-state index in [0.29, 0.717) is 28.7 Å². The molecule has 3 aromatic rings. The van der Waals surface area contributed by atoms with Gasteiger partial charge >= 0.3 is 6.18 Å². The molecule has 2 aromatic carbocycles. The molecule has 0 bridgehead atoms. The quantitative estimate of drug-likeness (QED) is 0.408. The van der Waals surface area contributed by atoms with Crippen LogP contribution in [0.2, 0.25) is 0 Å². The van der Waals surface area contributed by atoms with Crippen LogP contribution in [-0.2, 0) is 22.7 Å². The van der Waals surface area contributed by atoms with E-state index in [1.165, 1.54) is 19.2 Å². The van der Waals surface area contributed by atoms with Crippen molar-refractivity contribution in [2.24, 2.45) is 5.73 Å². The predicted octanol–water partition coefficient (Wildman–Crippen LogP) is 3.96. The molecule has 0 radical (unpaired) electrons. The summed E-state index contributed by atoms with van der Waals surface area (Å²) in [6, 6.07) is 9.57. The number of hydrogen-bond acceptors (Lipinski definition) is 7. The second-order valence-electron chi connectivity index (χ2n) is 8.19. The first kappa shape index (κ1) is 26.7. The van der Waals surface area contributed by atoms with Gasteiger partial charge in [-0.3, -0.25) is 9.10 Å². The normalized spacial score (nSPS) is 11.8. The zero-order valence-corrected chi connectivity index (χ0v) is 20.8. The molecule has 13 heteroatoms. The number of sulfonamides is 1. The number of aryl methyl sites for hydroxylation is 2. The minimum absolute atomic E-state index is 0.145. The Morgan fingerprint density at radius 3 is 2.44 bits per heavy atom. The van der Waals surface area contributed by atoms with Gasteiger partial charge < -0.3 is 16.4 Å². The predicted molar refractivity (Wildman–Crippen MR) is 132 cm³/mol. The summed E-state index contributed by atoms with van der Waals surface area (Å²) in [6.07, 6.45) is -3.07. The molecule has 0 unspecified atom stereocenters. The largest absolute Gasteiger partial charge is 0.421 e. The van der Waals surface area contributed by atoms with Crippen LogP contribution in [0.25, 0.3) is 0 Å². The van der Waals surface area contributed by atoms with Crippen LogP contribution in [0.1, 0.15) is 32.6 Å². The number of anilines is 4. The van der Waals surface area contributed by atoms with Crippen molar-refractivity contribution >= 4 is 39.1 Å². The monoisotopic (exact) mass is 522 g/mol. The highest BCUT2D eigenvalue weighted by molar-refractivity contribution is 7.92. The summed E-state index contributed by atoms with van der Waals surface area (Å²) in [5, 5.41) is 5.49.